The molecule has 2 aromatic rings. The maximum atomic E-state index is 12.2. The van der Waals surface area contributed by atoms with Gasteiger partial charge in [0.25, 0.3) is 5.91 Å². The highest BCUT2D eigenvalue weighted by Crippen LogP contribution is 2.31. The number of nitrogens with zero attached hydrogens (tertiary/aromatic N) is 1. The predicted molar refractivity (Wildman–Crippen MR) is 98.8 cm³/mol. The van der Waals surface area contributed by atoms with Gasteiger partial charge in [-0.15, -0.1) is 0 Å². The number of carboxylic acids is 1. The molecule has 2 N–H and O–H groups in total. The van der Waals surface area contributed by atoms with Crippen molar-refractivity contribution < 1.29 is 28.9 Å². The van der Waals surface area contributed by atoms with Crippen LogP contribution in [-0.2, 0) is 4.79 Å². The molecule has 0 saturated heterocycles. The number of carbonyl (C=O) groups is 2. The topological polar surface area (TPSA) is 106 Å². The second-order valence-electron chi connectivity index (χ2n) is 5.41. The third-order valence-corrected chi connectivity index (χ3v) is 3.57. The van der Waals surface area contributed by atoms with Crippen LogP contribution in [0.4, 0.5) is 0 Å². The summed E-state index contributed by atoms with van der Waals surface area (Å²) in [5.41, 5.74) is 3.24. The molecule has 8 heteroatoms. The Kier molecular flexibility index (Phi) is 6.76. The normalized spacial score (nSPS) is 11.7. The van der Waals surface area contributed by atoms with E-state index in [0.29, 0.717) is 22.6 Å². The molecule has 0 aliphatic rings. The van der Waals surface area contributed by atoms with Gasteiger partial charge in [-0.2, -0.15) is 5.10 Å². The van der Waals surface area contributed by atoms with Crippen molar-refractivity contribution in [1.29, 1.82) is 0 Å². The third-order valence-electron chi connectivity index (χ3n) is 3.57. The fourth-order valence-corrected chi connectivity index (χ4v) is 2.14. The van der Waals surface area contributed by atoms with Gasteiger partial charge in [0.2, 0.25) is 0 Å². The number of hydrogen-bond donors (Lipinski definition) is 2. The van der Waals surface area contributed by atoms with Crippen molar-refractivity contribution in [3.63, 3.8) is 0 Å². The quantitative estimate of drug-likeness (QED) is 0.544. The van der Waals surface area contributed by atoms with E-state index in [1.54, 1.807) is 42.5 Å². The molecular formula is C19H20N2O6. The van der Waals surface area contributed by atoms with E-state index in [4.69, 9.17) is 19.3 Å². The van der Waals surface area contributed by atoms with Crippen LogP contribution in [0, 0.1) is 0 Å². The van der Waals surface area contributed by atoms with Crippen LogP contribution in [0.3, 0.4) is 0 Å². The monoisotopic (exact) mass is 372 g/mol. The number of methoxy groups -OCH3 is 2. The molecule has 0 aliphatic carbocycles. The van der Waals surface area contributed by atoms with Gasteiger partial charge >= 0.3 is 5.97 Å². The van der Waals surface area contributed by atoms with E-state index in [0.717, 1.165) is 0 Å². The Morgan fingerprint density at radius 2 is 1.89 bits per heavy atom. The summed E-state index contributed by atoms with van der Waals surface area (Å²) in [6.45, 7) is 1.40. The van der Waals surface area contributed by atoms with E-state index >= 15 is 0 Å². The molecule has 0 fully saturated rings. The fourth-order valence-electron chi connectivity index (χ4n) is 2.14. The van der Waals surface area contributed by atoms with Crippen LogP contribution in [0.2, 0.25) is 0 Å². The summed E-state index contributed by atoms with van der Waals surface area (Å²) < 4.78 is 15.7. The molecule has 0 spiro atoms. The highest BCUT2D eigenvalue weighted by molar-refractivity contribution is 5.95. The lowest BCUT2D eigenvalue weighted by atomic mass is 10.2. The Balaban J connectivity index is 2.18. The van der Waals surface area contributed by atoms with Crippen LogP contribution in [0.1, 0.15) is 22.8 Å². The number of hydrazone groups is 1. The van der Waals surface area contributed by atoms with Crippen LogP contribution < -0.4 is 19.6 Å². The van der Waals surface area contributed by atoms with E-state index in [2.05, 4.69) is 10.5 Å². The molecule has 27 heavy (non-hydrogen) atoms. The third kappa shape index (κ3) is 5.21. The number of rotatable bonds is 8. The van der Waals surface area contributed by atoms with Gasteiger partial charge in [-0.3, -0.25) is 4.79 Å². The first-order valence-corrected chi connectivity index (χ1v) is 8.00. The van der Waals surface area contributed by atoms with Gasteiger partial charge in [-0.1, -0.05) is 12.1 Å². The van der Waals surface area contributed by atoms with Gasteiger partial charge in [0, 0.05) is 11.1 Å². The largest absolute Gasteiger partial charge is 0.497 e. The molecule has 0 aromatic heterocycles. The second kappa shape index (κ2) is 9.23. The van der Waals surface area contributed by atoms with E-state index < -0.39 is 18.0 Å². The lowest BCUT2D eigenvalue weighted by molar-refractivity contribution is -0.144. The number of amides is 1. The molecule has 142 valence electrons. The van der Waals surface area contributed by atoms with Gasteiger partial charge in [-0.25, -0.2) is 10.2 Å². The van der Waals surface area contributed by atoms with Gasteiger partial charge in [0.1, 0.15) is 5.75 Å². The maximum absolute atomic E-state index is 12.2. The Labute approximate surface area is 156 Å². The first kappa shape index (κ1) is 19.8. The minimum absolute atomic E-state index is 0.217. The first-order valence-electron chi connectivity index (χ1n) is 8.00. The molecular weight excluding hydrogens is 352 g/mol. The van der Waals surface area contributed by atoms with Crippen LogP contribution in [-0.4, -0.2) is 43.5 Å². The summed E-state index contributed by atoms with van der Waals surface area (Å²) in [6, 6.07) is 11.6. The number of para-hydroxylation sites is 1. The standard InChI is InChI=1S/C19H20N2O6/c1-12(19(23)24)27-17-14(7-5-9-16(17)26-3)11-20-21-18(22)13-6-4-8-15(10-13)25-2/h4-12H,1-3H3,(H,21,22)(H,23,24)/b20-11-/t12-/m0/s1. The highest BCUT2D eigenvalue weighted by Gasteiger charge is 2.18. The molecule has 0 bridgehead atoms. The molecule has 2 aromatic carbocycles. The van der Waals surface area contributed by atoms with Crippen molar-refractivity contribution in [2.75, 3.05) is 14.2 Å². The summed E-state index contributed by atoms with van der Waals surface area (Å²) >= 11 is 0. The maximum Gasteiger partial charge on any atom is 0.344 e. The molecule has 8 nitrogen and oxygen atoms in total. The van der Waals surface area contributed by atoms with E-state index in [1.165, 1.54) is 27.4 Å². The number of benzene rings is 2. The minimum atomic E-state index is -1.12. The van der Waals surface area contributed by atoms with Crippen LogP contribution >= 0.6 is 0 Å². The molecule has 1 amide bonds. The molecule has 1 atom stereocenters. The number of ether oxygens (including phenoxy) is 3. The number of nitrogens with one attached hydrogen (secondary N) is 1. The summed E-state index contributed by atoms with van der Waals surface area (Å²) in [4.78, 5) is 23.2. The van der Waals surface area contributed by atoms with Gasteiger partial charge in [0.15, 0.2) is 17.6 Å². The van der Waals surface area contributed by atoms with E-state index in [-0.39, 0.29) is 5.75 Å². The zero-order valence-electron chi connectivity index (χ0n) is 15.1. The molecule has 0 saturated carbocycles. The smallest absolute Gasteiger partial charge is 0.344 e. The molecule has 0 unspecified atom stereocenters. The Morgan fingerprint density at radius 3 is 2.56 bits per heavy atom. The zero-order valence-corrected chi connectivity index (χ0v) is 15.1. The number of carboxylic acid groups (broad SMARTS) is 1. The van der Waals surface area contributed by atoms with E-state index in [9.17, 15) is 9.59 Å². The lowest BCUT2D eigenvalue weighted by Crippen LogP contribution is -2.24. The van der Waals surface area contributed by atoms with Crippen molar-refractivity contribution in [3.05, 3.63) is 53.6 Å². The Morgan fingerprint density at radius 1 is 1.15 bits per heavy atom. The van der Waals surface area contributed by atoms with Crippen LogP contribution in [0.5, 0.6) is 17.2 Å². The highest BCUT2D eigenvalue weighted by atomic mass is 16.5. The summed E-state index contributed by atoms with van der Waals surface area (Å²) in [6.07, 6.45) is 0.268. The van der Waals surface area contributed by atoms with Crippen molar-refractivity contribution in [1.82, 2.24) is 5.43 Å². The van der Waals surface area contributed by atoms with Crippen LogP contribution in [0.15, 0.2) is 47.6 Å². The Bertz CT molecular complexity index is 850. The first-order chi connectivity index (χ1) is 13.0. The van der Waals surface area contributed by atoms with Gasteiger partial charge in [-0.05, 0) is 37.3 Å². The fraction of sp³-hybridized carbons (Fsp3) is 0.211. The number of aliphatic carboxylic acids is 1. The summed E-state index contributed by atoms with van der Waals surface area (Å²) in [5, 5.41) is 13.0. The minimum Gasteiger partial charge on any atom is -0.497 e. The van der Waals surface area contributed by atoms with Crippen molar-refractivity contribution in [2.24, 2.45) is 5.10 Å². The van der Waals surface area contributed by atoms with Gasteiger partial charge in [0.05, 0.1) is 20.4 Å². The SMILES string of the molecule is COc1cccc(C(=O)N/N=C\c2cccc(OC)c2O[C@@H](C)C(=O)O)c1. The zero-order chi connectivity index (χ0) is 19.8. The summed E-state index contributed by atoms with van der Waals surface area (Å²) in [7, 11) is 2.96. The number of carbonyl (C=O) groups excluding carboxylic acids is 1. The van der Waals surface area contributed by atoms with Crippen molar-refractivity contribution in [2.45, 2.75) is 13.0 Å². The van der Waals surface area contributed by atoms with Crippen LogP contribution in [0.25, 0.3) is 0 Å². The molecule has 2 rings (SSSR count). The Hall–Kier alpha value is -3.55. The lowest BCUT2D eigenvalue weighted by Gasteiger charge is -2.15. The average molecular weight is 372 g/mol. The number of hydrogen-bond acceptors (Lipinski definition) is 6. The molecule has 0 aliphatic heterocycles. The second-order valence-corrected chi connectivity index (χ2v) is 5.41. The molecule has 0 heterocycles. The summed E-state index contributed by atoms with van der Waals surface area (Å²) in [5.74, 6) is -0.414. The van der Waals surface area contributed by atoms with Crippen molar-refractivity contribution in [3.8, 4) is 17.2 Å². The predicted octanol–water partition coefficient (Wildman–Crippen LogP) is 2.32. The van der Waals surface area contributed by atoms with Crippen molar-refractivity contribution >= 4 is 18.1 Å². The van der Waals surface area contributed by atoms with E-state index in [1.807, 2.05) is 0 Å². The average Bonchev–Trinajstić information content (AvgIpc) is 2.68. The molecule has 0 radical (unpaired) electrons. The van der Waals surface area contributed by atoms with Gasteiger partial charge < -0.3 is 19.3 Å².